The summed E-state index contributed by atoms with van der Waals surface area (Å²) in [6, 6.07) is 8.66. The predicted octanol–water partition coefficient (Wildman–Crippen LogP) is 0.213. The average Bonchev–Trinajstić information content (AvgIpc) is 2.38. The van der Waals surface area contributed by atoms with Crippen LogP contribution >= 0.6 is 0 Å². The van der Waals surface area contributed by atoms with Crippen molar-refractivity contribution >= 4 is 5.97 Å². The van der Waals surface area contributed by atoms with E-state index in [1.807, 2.05) is 6.07 Å². The first-order chi connectivity index (χ1) is 8.24. The number of rotatable bonds is 7. The molecule has 0 aromatic heterocycles. The first kappa shape index (κ1) is 13.6. The van der Waals surface area contributed by atoms with Crippen molar-refractivity contribution in [3.63, 3.8) is 0 Å². The Kier molecular flexibility index (Phi) is 6.24. The molecular weight excluding hydrogens is 224 g/mol. The summed E-state index contributed by atoms with van der Waals surface area (Å²) < 4.78 is 9.92. The van der Waals surface area contributed by atoms with Crippen LogP contribution in [0.3, 0.4) is 0 Å². The zero-order valence-electron chi connectivity index (χ0n) is 9.41. The number of esters is 1. The van der Waals surface area contributed by atoms with Crippen molar-refractivity contribution in [2.75, 3.05) is 26.4 Å². The van der Waals surface area contributed by atoms with E-state index in [0.29, 0.717) is 5.56 Å². The maximum atomic E-state index is 11.4. The molecular formula is C12H16O5. The Labute approximate surface area is 99.6 Å². The molecule has 0 aliphatic heterocycles. The lowest BCUT2D eigenvalue weighted by molar-refractivity contribution is -0.0107. The molecule has 0 heterocycles. The number of hydrogen-bond donors (Lipinski definition) is 2. The lowest BCUT2D eigenvalue weighted by atomic mass is 10.2. The first-order valence-corrected chi connectivity index (χ1v) is 5.33. The highest BCUT2D eigenvalue weighted by molar-refractivity contribution is 5.89. The summed E-state index contributed by atoms with van der Waals surface area (Å²) in [7, 11) is 0. The number of aliphatic hydroxyl groups excluding tert-OH is 2. The van der Waals surface area contributed by atoms with Gasteiger partial charge in [0.25, 0.3) is 0 Å². The third-order valence-corrected chi connectivity index (χ3v) is 1.99. The summed E-state index contributed by atoms with van der Waals surface area (Å²) >= 11 is 0. The summed E-state index contributed by atoms with van der Waals surface area (Å²) in [5.41, 5.74) is 0.489. The molecule has 0 aliphatic rings. The molecule has 0 spiro atoms. The van der Waals surface area contributed by atoms with Crippen molar-refractivity contribution in [3.05, 3.63) is 35.9 Å². The van der Waals surface area contributed by atoms with Gasteiger partial charge in [0.1, 0.15) is 12.7 Å². The predicted molar refractivity (Wildman–Crippen MR) is 60.6 cm³/mol. The quantitative estimate of drug-likeness (QED) is 0.526. The monoisotopic (exact) mass is 240 g/mol. The van der Waals surface area contributed by atoms with E-state index >= 15 is 0 Å². The highest BCUT2D eigenvalue weighted by Gasteiger charge is 2.06. The summed E-state index contributed by atoms with van der Waals surface area (Å²) in [4.78, 5) is 11.4. The van der Waals surface area contributed by atoms with Crippen LogP contribution in [-0.4, -0.2) is 48.7 Å². The van der Waals surface area contributed by atoms with Gasteiger partial charge < -0.3 is 19.7 Å². The van der Waals surface area contributed by atoms with Gasteiger partial charge in [0.15, 0.2) is 0 Å². The van der Waals surface area contributed by atoms with E-state index in [9.17, 15) is 4.79 Å². The summed E-state index contributed by atoms with van der Waals surface area (Å²) in [5, 5.41) is 17.5. The van der Waals surface area contributed by atoms with Crippen LogP contribution < -0.4 is 0 Å². The molecule has 5 nitrogen and oxygen atoms in total. The molecule has 1 aromatic rings. The number of carbonyl (C=O) groups is 1. The zero-order chi connectivity index (χ0) is 12.5. The van der Waals surface area contributed by atoms with Crippen LogP contribution in [0.1, 0.15) is 10.4 Å². The van der Waals surface area contributed by atoms with Crippen molar-refractivity contribution in [1.82, 2.24) is 0 Å². The van der Waals surface area contributed by atoms with Crippen LogP contribution in [0.15, 0.2) is 30.3 Å². The van der Waals surface area contributed by atoms with Gasteiger partial charge in [-0.3, -0.25) is 0 Å². The van der Waals surface area contributed by atoms with Crippen molar-refractivity contribution in [2.24, 2.45) is 0 Å². The molecule has 0 aliphatic carbocycles. The molecule has 0 saturated heterocycles. The van der Waals surface area contributed by atoms with E-state index in [0.717, 1.165) is 0 Å². The summed E-state index contributed by atoms with van der Waals surface area (Å²) in [6.45, 7) is -0.00923. The zero-order valence-corrected chi connectivity index (χ0v) is 9.41. The minimum Gasteiger partial charge on any atom is -0.460 e. The van der Waals surface area contributed by atoms with E-state index in [1.165, 1.54) is 0 Å². The minimum atomic E-state index is -0.889. The highest BCUT2D eigenvalue weighted by Crippen LogP contribution is 2.00. The molecule has 1 unspecified atom stereocenters. The molecule has 17 heavy (non-hydrogen) atoms. The Bertz CT molecular complexity index is 325. The molecule has 0 saturated carbocycles. The molecule has 1 atom stereocenters. The van der Waals surface area contributed by atoms with Crippen LogP contribution in [0, 0.1) is 0 Å². The van der Waals surface area contributed by atoms with Crippen molar-refractivity contribution < 1.29 is 24.5 Å². The van der Waals surface area contributed by atoms with Crippen molar-refractivity contribution in [2.45, 2.75) is 6.10 Å². The highest BCUT2D eigenvalue weighted by atomic mass is 16.6. The summed E-state index contributed by atoms with van der Waals surface area (Å²) in [5.74, 6) is -0.406. The van der Waals surface area contributed by atoms with Crippen LogP contribution in [0.2, 0.25) is 0 Å². The molecule has 0 fully saturated rings. The summed E-state index contributed by atoms with van der Waals surface area (Å²) in [6.07, 6.45) is -0.889. The lowest BCUT2D eigenvalue weighted by Gasteiger charge is -2.08. The topological polar surface area (TPSA) is 76.0 Å². The molecule has 0 bridgehead atoms. The second-order valence-electron chi connectivity index (χ2n) is 3.41. The van der Waals surface area contributed by atoms with Gasteiger partial charge in [0.2, 0.25) is 0 Å². The first-order valence-electron chi connectivity index (χ1n) is 5.33. The van der Waals surface area contributed by atoms with Gasteiger partial charge in [-0.2, -0.15) is 0 Å². The maximum Gasteiger partial charge on any atom is 0.338 e. The van der Waals surface area contributed by atoms with Gasteiger partial charge in [-0.15, -0.1) is 0 Å². The van der Waals surface area contributed by atoms with E-state index in [-0.39, 0.29) is 26.4 Å². The van der Waals surface area contributed by atoms with Crippen LogP contribution in [0.5, 0.6) is 0 Å². The van der Waals surface area contributed by atoms with Crippen molar-refractivity contribution in [3.8, 4) is 0 Å². The number of carbonyl (C=O) groups excluding carboxylic acids is 1. The van der Waals surface area contributed by atoms with Gasteiger partial charge in [0, 0.05) is 0 Å². The van der Waals surface area contributed by atoms with E-state index in [2.05, 4.69) is 0 Å². The molecule has 0 radical (unpaired) electrons. The fourth-order valence-electron chi connectivity index (χ4n) is 1.12. The molecule has 1 aromatic carbocycles. The fourth-order valence-corrected chi connectivity index (χ4v) is 1.12. The minimum absolute atomic E-state index is 0.0272. The lowest BCUT2D eigenvalue weighted by Crippen LogP contribution is -2.21. The number of benzene rings is 1. The van der Waals surface area contributed by atoms with E-state index in [4.69, 9.17) is 19.7 Å². The van der Waals surface area contributed by atoms with E-state index < -0.39 is 12.1 Å². The Morgan fingerprint density at radius 2 is 1.94 bits per heavy atom. The second-order valence-corrected chi connectivity index (χ2v) is 3.41. The van der Waals surface area contributed by atoms with Gasteiger partial charge in [-0.05, 0) is 12.1 Å². The molecule has 94 valence electrons. The number of ether oxygens (including phenoxy) is 2. The Hall–Kier alpha value is -1.43. The number of hydrogen-bond acceptors (Lipinski definition) is 5. The normalized spacial score (nSPS) is 12.1. The molecule has 2 N–H and O–H groups in total. The molecule has 5 heteroatoms. The van der Waals surface area contributed by atoms with E-state index in [1.54, 1.807) is 24.3 Å². The second kappa shape index (κ2) is 7.78. The Balaban J connectivity index is 2.13. The van der Waals surface area contributed by atoms with Crippen LogP contribution in [0.25, 0.3) is 0 Å². The number of aliphatic hydroxyl groups is 2. The third kappa shape index (κ3) is 5.44. The van der Waals surface area contributed by atoms with Crippen LogP contribution in [0.4, 0.5) is 0 Å². The smallest absolute Gasteiger partial charge is 0.338 e. The Morgan fingerprint density at radius 3 is 2.59 bits per heavy atom. The van der Waals surface area contributed by atoms with Gasteiger partial charge in [0.05, 0.1) is 25.4 Å². The molecule has 1 rings (SSSR count). The SMILES string of the molecule is O=C(OCCOCC(O)CO)c1ccccc1. The van der Waals surface area contributed by atoms with Gasteiger partial charge >= 0.3 is 5.97 Å². The van der Waals surface area contributed by atoms with Gasteiger partial charge in [-0.1, -0.05) is 18.2 Å². The average molecular weight is 240 g/mol. The third-order valence-electron chi connectivity index (χ3n) is 1.99. The molecule has 0 amide bonds. The standard InChI is InChI=1S/C12H16O5/c13-8-11(14)9-16-6-7-17-12(15)10-4-2-1-3-5-10/h1-5,11,13-14H,6-9H2. The maximum absolute atomic E-state index is 11.4. The van der Waals surface area contributed by atoms with Crippen LogP contribution in [-0.2, 0) is 9.47 Å². The van der Waals surface area contributed by atoms with Gasteiger partial charge in [-0.25, -0.2) is 4.79 Å². The fraction of sp³-hybridized carbons (Fsp3) is 0.417. The van der Waals surface area contributed by atoms with Crippen molar-refractivity contribution in [1.29, 1.82) is 0 Å². The largest absolute Gasteiger partial charge is 0.460 e. The Morgan fingerprint density at radius 1 is 1.24 bits per heavy atom.